The predicted molar refractivity (Wildman–Crippen MR) is 74.1 cm³/mol. The molecule has 2 aliphatic rings. The van der Waals surface area contributed by atoms with Crippen LogP contribution in [0.2, 0.25) is 0 Å². The van der Waals surface area contributed by atoms with Crippen molar-refractivity contribution in [2.24, 2.45) is 0 Å². The molecule has 1 saturated carbocycles. The van der Waals surface area contributed by atoms with Gasteiger partial charge < -0.3 is 5.32 Å². The van der Waals surface area contributed by atoms with Crippen molar-refractivity contribution >= 4 is 10.0 Å². The van der Waals surface area contributed by atoms with Gasteiger partial charge >= 0.3 is 0 Å². The van der Waals surface area contributed by atoms with E-state index in [1.54, 1.807) is 11.4 Å². The van der Waals surface area contributed by atoms with Crippen LogP contribution in [-0.2, 0) is 10.0 Å². The highest BCUT2D eigenvalue weighted by atomic mass is 32.2. The standard InChI is InChI=1S/C13H26N2O2S/c1-15(13-7-2-3-8-13)18(16,17)11-9-12-6-4-5-10-14-12/h12-14H,2-11H2,1H3. The molecule has 4 nitrogen and oxygen atoms in total. The van der Waals surface area contributed by atoms with Gasteiger partial charge in [0, 0.05) is 19.1 Å². The van der Waals surface area contributed by atoms with E-state index in [2.05, 4.69) is 5.32 Å². The van der Waals surface area contributed by atoms with Crippen LogP contribution >= 0.6 is 0 Å². The predicted octanol–water partition coefficient (Wildman–Crippen LogP) is 1.72. The van der Waals surface area contributed by atoms with Gasteiger partial charge in [0.2, 0.25) is 10.0 Å². The van der Waals surface area contributed by atoms with Crippen LogP contribution < -0.4 is 5.32 Å². The fourth-order valence-electron chi connectivity index (χ4n) is 3.10. The highest BCUT2D eigenvalue weighted by Crippen LogP contribution is 2.25. The third kappa shape index (κ3) is 3.68. The van der Waals surface area contributed by atoms with Crippen LogP contribution in [0.15, 0.2) is 0 Å². The zero-order valence-electron chi connectivity index (χ0n) is 11.4. The Morgan fingerprint density at radius 2 is 1.78 bits per heavy atom. The molecule has 1 unspecified atom stereocenters. The molecule has 0 spiro atoms. The lowest BCUT2D eigenvalue weighted by atomic mass is 10.0. The second-order valence-corrected chi connectivity index (χ2v) is 7.85. The highest BCUT2D eigenvalue weighted by Gasteiger charge is 2.29. The molecule has 1 aliphatic heterocycles. The van der Waals surface area contributed by atoms with Crippen molar-refractivity contribution in [3.63, 3.8) is 0 Å². The first-order valence-electron chi connectivity index (χ1n) is 7.29. The molecule has 0 bridgehead atoms. The Labute approximate surface area is 111 Å². The van der Waals surface area contributed by atoms with E-state index in [1.807, 2.05) is 0 Å². The van der Waals surface area contributed by atoms with Gasteiger partial charge in [0.25, 0.3) is 0 Å². The fourth-order valence-corrected chi connectivity index (χ4v) is 4.64. The Bertz CT molecular complexity index is 344. The van der Waals surface area contributed by atoms with Gasteiger partial charge in [-0.25, -0.2) is 12.7 Å². The van der Waals surface area contributed by atoms with Crippen molar-refractivity contribution < 1.29 is 8.42 Å². The van der Waals surface area contributed by atoms with Crippen molar-refractivity contribution in [2.75, 3.05) is 19.3 Å². The van der Waals surface area contributed by atoms with Crippen molar-refractivity contribution in [3.8, 4) is 0 Å². The summed E-state index contributed by atoms with van der Waals surface area (Å²) < 4.78 is 26.2. The summed E-state index contributed by atoms with van der Waals surface area (Å²) in [7, 11) is -1.29. The summed E-state index contributed by atoms with van der Waals surface area (Å²) >= 11 is 0. The Hall–Kier alpha value is -0.130. The van der Waals surface area contributed by atoms with Gasteiger partial charge in [-0.1, -0.05) is 19.3 Å². The molecule has 106 valence electrons. The van der Waals surface area contributed by atoms with Gasteiger partial charge in [0.05, 0.1) is 5.75 Å². The molecular formula is C13H26N2O2S. The Balaban J connectivity index is 1.82. The lowest BCUT2D eigenvalue weighted by molar-refractivity contribution is 0.363. The van der Waals surface area contributed by atoms with Crippen LogP contribution in [0.25, 0.3) is 0 Å². The maximum atomic E-state index is 12.3. The van der Waals surface area contributed by atoms with E-state index in [4.69, 9.17) is 0 Å². The topological polar surface area (TPSA) is 49.4 Å². The van der Waals surface area contributed by atoms with Crippen molar-refractivity contribution in [2.45, 2.75) is 63.5 Å². The average Bonchev–Trinajstić information content (AvgIpc) is 2.90. The summed E-state index contributed by atoms with van der Waals surface area (Å²) in [6.45, 7) is 1.04. The largest absolute Gasteiger partial charge is 0.314 e. The molecule has 1 saturated heterocycles. The van der Waals surface area contributed by atoms with Gasteiger partial charge in [0.1, 0.15) is 0 Å². The Morgan fingerprint density at radius 1 is 1.11 bits per heavy atom. The first kappa shape index (κ1) is 14.3. The molecule has 0 aromatic carbocycles. The van der Waals surface area contributed by atoms with E-state index in [-0.39, 0.29) is 6.04 Å². The van der Waals surface area contributed by atoms with Crippen LogP contribution in [0.3, 0.4) is 0 Å². The van der Waals surface area contributed by atoms with Gasteiger partial charge in [-0.15, -0.1) is 0 Å². The first-order valence-corrected chi connectivity index (χ1v) is 8.89. The zero-order chi connectivity index (χ0) is 13.0. The van der Waals surface area contributed by atoms with Crippen LogP contribution in [0.1, 0.15) is 51.4 Å². The number of nitrogens with zero attached hydrogens (tertiary/aromatic N) is 1. The van der Waals surface area contributed by atoms with Gasteiger partial charge in [0.15, 0.2) is 0 Å². The van der Waals surface area contributed by atoms with E-state index < -0.39 is 10.0 Å². The number of hydrogen-bond acceptors (Lipinski definition) is 3. The number of sulfonamides is 1. The summed E-state index contributed by atoms with van der Waals surface area (Å²) in [6.07, 6.45) is 8.78. The molecule has 0 aromatic heterocycles. The van der Waals surface area contributed by atoms with Crippen molar-refractivity contribution in [1.82, 2.24) is 9.62 Å². The minimum Gasteiger partial charge on any atom is -0.314 e. The summed E-state index contributed by atoms with van der Waals surface area (Å²) in [4.78, 5) is 0. The second kappa shape index (κ2) is 6.35. The monoisotopic (exact) mass is 274 g/mol. The molecular weight excluding hydrogens is 248 g/mol. The number of hydrogen-bond donors (Lipinski definition) is 1. The Kier molecular flexibility index (Phi) is 5.04. The van der Waals surface area contributed by atoms with Crippen LogP contribution in [0.5, 0.6) is 0 Å². The molecule has 18 heavy (non-hydrogen) atoms. The number of piperidine rings is 1. The molecule has 0 amide bonds. The summed E-state index contributed by atoms with van der Waals surface area (Å²) in [5.41, 5.74) is 0. The quantitative estimate of drug-likeness (QED) is 0.830. The van der Waals surface area contributed by atoms with Crippen LogP contribution in [0.4, 0.5) is 0 Å². The van der Waals surface area contributed by atoms with Gasteiger partial charge in [-0.05, 0) is 38.6 Å². The van der Waals surface area contributed by atoms with E-state index in [9.17, 15) is 8.42 Å². The fraction of sp³-hybridized carbons (Fsp3) is 1.00. The van der Waals surface area contributed by atoms with Crippen LogP contribution in [-0.4, -0.2) is 44.2 Å². The van der Waals surface area contributed by atoms with E-state index in [0.717, 1.165) is 32.2 Å². The highest BCUT2D eigenvalue weighted by molar-refractivity contribution is 7.89. The van der Waals surface area contributed by atoms with Crippen LogP contribution in [0, 0.1) is 0 Å². The molecule has 1 atom stereocenters. The lowest BCUT2D eigenvalue weighted by Gasteiger charge is -2.27. The maximum Gasteiger partial charge on any atom is 0.214 e. The second-order valence-electron chi connectivity index (χ2n) is 5.71. The van der Waals surface area contributed by atoms with Gasteiger partial charge in [-0.2, -0.15) is 0 Å². The minimum atomic E-state index is -3.05. The van der Waals surface area contributed by atoms with Crippen molar-refractivity contribution in [1.29, 1.82) is 0 Å². The molecule has 5 heteroatoms. The molecule has 0 aromatic rings. The van der Waals surface area contributed by atoms with E-state index in [1.165, 1.54) is 25.7 Å². The lowest BCUT2D eigenvalue weighted by Crippen LogP contribution is -2.40. The van der Waals surface area contributed by atoms with Crippen molar-refractivity contribution in [3.05, 3.63) is 0 Å². The average molecular weight is 274 g/mol. The molecule has 1 N–H and O–H groups in total. The summed E-state index contributed by atoms with van der Waals surface area (Å²) in [5.74, 6) is 0.303. The third-order valence-corrected chi connectivity index (χ3v) is 6.34. The zero-order valence-corrected chi connectivity index (χ0v) is 12.2. The van der Waals surface area contributed by atoms with E-state index in [0.29, 0.717) is 11.8 Å². The summed E-state index contributed by atoms with van der Waals surface area (Å²) in [6, 6.07) is 0.666. The van der Waals surface area contributed by atoms with E-state index >= 15 is 0 Å². The normalized spacial score (nSPS) is 26.9. The number of rotatable bonds is 5. The minimum absolute atomic E-state index is 0.259. The molecule has 1 heterocycles. The first-order chi connectivity index (χ1) is 8.59. The Morgan fingerprint density at radius 3 is 2.39 bits per heavy atom. The molecule has 1 aliphatic carbocycles. The number of nitrogens with one attached hydrogen (secondary N) is 1. The molecule has 2 fully saturated rings. The molecule has 2 rings (SSSR count). The van der Waals surface area contributed by atoms with Gasteiger partial charge in [-0.3, -0.25) is 0 Å². The molecule has 0 radical (unpaired) electrons. The SMILES string of the molecule is CN(C1CCCC1)S(=O)(=O)CCC1CCCCN1. The summed E-state index contributed by atoms with van der Waals surface area (Å²) in [5, 5.41) is 3.42. The smallest absolute Gasteiger partial charge is 0.214 e. The maximum absolute atomic E-state index is 12.3. The third-order valence-electron chi connectivity index (χ3n) is 4.41.